The molecule has 0 saturated carbocycles. The largest absolute Gasteiger partial charge is 0.326 e. The van der Waals surface area contributed by atoms with Crippen LogP contribution in [0.2, 0.25) is 0 Å². The second-order valence-corrected chi connectivity index (χ2v) is 6.66. The molecule has 1 heterocycles. The highest BCUT2D eigenvalue weighted by Gasteiger charge is 2.32. The standard InChI is InChI=1S/C14H16N2O3S/c17-14(12-6-1-2-7-12)15-20(18,19)16-10-9-11-5-3-4-8-13(11)16/h1-5,8,12H,6-7,9-10H2,(H,15,17). The van der Waals surface area contributed by atoms with E-state index in [2.05, 4.69) is 4.72 Å². The Morgan fingerprint density at radius 1 is 1.20 bits per heavy atom. The van der Waals surface area contributed by atoms with E-state index in [1.54, 1.807) is 12.1 Å². The number of allylic oxidation sites excluding steroid dienone is 2. The number of hydrogen-bond acceptors (Lipinski definition) is 3. The quantitative estimate of drug-likeness (QED) is 0.856. The van der Waals surface area contributed by atoms with E-state index in [1.807, 2.05) is 24.3 Å². The number of benzene rings is 1. The molecular weight excluding hydrogens is 276 g/mol. The Morgan fingerprint density at radius 2 is 1.90 bits per heavy atom. The van der Waals surface area contributed by atoms with E-state index in [-0.39, 0.29) is 5.92 Å². The monoisotopic (exact) mass is 292 g/mol. The third kappa shape index (κ3) is 2.31. The lowest BCUT2D eigenvalue weighted by molar-refractivity contribution is -0.122. The highest BCUT2D eigenvalue weighted by Crippen LogP contribution is 2.29. The highest BCUT2D eigenvalue weighted by atomic mass is 32.2. The summed E-state index contributed by atoms with van der Waals surface area (Å²) in [4.78, 5) is 12.0. The fourth-order valence-electron chi connectivity index (χ4n) is 2.65. The molecule has 106 valence electrons. The predicted molar refractivity (Wildman–Crippen MR) is 76.4 cm³/mol. The molecule has 0 saturated heterocycles. The highest BCUT2D eigenvalue weighted by molar-refractivity contribution is 7.91. The van der Waals surface area contributed by atoms with Crippen LogP contribution >= 0.6 is 0 Å². The minimum Gasteiger partial charge on any atom is -0.274 e. The molecule has 1 aliphatic heterocycles. The zero-order valence-corrected chi connectivity index (χ0v) is 11.8. The Bertz CT molecular complexity index is 659. The van der Waals surface area contributed by atoms with Gasteiger partial charge in [0.25, 0.3) is 0 Å². The van der Waals surface area contributed by atoms with Gasteiger partial charge in [-0.25, -0.2) is 4.72 Å². The summed E-state index contributed by atoms with van der Waals surface area (Å²) >= 11 is 0. The molecule has 0 bridgehead atoms. The lowest BCUT2D eigenvalue weighted by Crippen LogP contribution is -2.44. The maximum atomic E-state index is 12.3. The molecule has 0 atom stereocenters. The van der Waals surface area contributed by atoms with Gasteiger partial charge in [-0.15, -0.1) is 0 Å². The summed E-state index contributed by atoms with van der Waals surface area (Å²) in [5, 5.41) is 0. The second kappa shape index (κ2) is 4.94. The molecule has 1 aromatic carbocycles. The number of hydrogen-bond donors (Lipinski definition) is 1. The van der Waals surface area contributed by atoms with Crippen molar-refractivity contribution in [2.24, 2.45) is 5.92 Å². The normalized spacial score (nSPS) is 18.3. The number of carbonyl (C=O) groups is 1. The van der Waals surface area contributed by atoms with E-state index in [0.29, 0.717) is 31.5 Å². The Balaban J connectivity index is 1.78. The van der Waals surface area contributed by atoms with Gasteiger partial charge in [0.15, 0.2) is 0 Å². The number of rotatable bonds is 3. The molecule has 20 heavy (non-hydrogen) atoms. The van der Waals surface area contributed by atoms with Crippen molar-refractivity contribution in [2.75, 3.05) is 10.8 Å². The van der Waals surface area contributed by atoms with Gasteiger partial charge in [0, 0.05) is 12.5 Å². The van der Waals surface area contributed by atoms with Crippen LogP contribution < -0.4 is 9.03 Å². The SMILES string of the molecule is O=C(NS(=O)(=O)N1CCc2ccccc21)C1CC=CC1. The van der Waals surface area contributed by atoms with Crippen LogP contribution in [0.3, 0.4) is 0 Å². The number of nitrogens with one attached hydrogen (secondary N) is 1. The molecule has 1 N–H and O–H groups in total. The van der Waals surface area contributed by atoms with Crippen molar-refractivity contribution in [3.63, 3.8) is 0 Å². The molecule has 0 spiro atoms. The number of nitrogens with zero attached hydrogens (tertiary/aromatic N) is 1. The van der Waals surface area contributed by atoms with Crippen LogP contribution in [0.4, 0.5) is 5.69 Å². The number of carbonyl (C=O) groups excluding carboxylic acids is 1. The fraction of sp³-hybridized carbons (Fsp3) is 0.357. The van der Waals surface area contributed by atoms with Gasteiger partial charge in [0.05, 0.1) is 5.69 Å². The van der Waals surface area contributed by atoms with E-state index in [4.69, 9.17) is 0 Å². The first-order valence-electron chi connectivity index (χ1n) is 6.65. The van der Waals surface area contributed by atoms with Gasteiger partial charge in [-0.1, -0.05) is 30.4 Å². The van der Waals surface area contributed by atoms with Gasteiger partial charge < -0.3 is 0 Å². The van der Waals surface area contributed by atoms with Gasteiger partial charge in [-0.3, -0.25) is 9.10 Å². The van der Waals surface area contributed by atoms with E-state index >= 15 is 0 Å². The van der Waals surface area contributed by atoms with E-state index in [0.717, 1.165) is 5.56 Å². The van der Waals surface area contributed by atoms with Gasteiger partial charge in [-0.05, 0) is 30.9 Å². The maximum absolute atomic E-state index is 12.3. The van der Waals surface area contributed by atoms with Crippen molar-refractivity contribution in [1.29, 1.82) is 0 Å². The average Bonchev–Trinajstić information content (AvgIpc) is 3.08. The molecule has 3 rings (SSSR count). The van der Waals surface area contributed by atoms with Gasteiger partial charge >= 0.3 is 10.2 Å². The summed E-state index contributed by atoms with van der Waals surface area (Å²) in [5.74, 6) is -0.679. The summed E-state index contributed by atoms with van der Waals surface area (Å²) in [7, 11) is -3.80. The number of amides is 1. The molecule has 2 aliphatic rings. The van der Waals surface area contributed by atoms with Crippen molar-refractivity contribution < 1.29 is 13.2 Å². The van der Waals surface area contributed by atoms with Crippen LogP contribution in [-0.2, 0) is 21.4 Å². The van der Waals surface area contributed by atoms with E-state index in [1.165, 1.54) is 4.31 Å². The smallest absolute Gasteiger partial charge is 0.274 e. The summed E-state index contributed by atoms with van der Waals surface area (Å²) in [5.41, 5.74) is 1.66. The zero-order chi connectivity index (χ0) is 14.2. The summed E-state index contributed by atoms with van der Waals surface area (Å²) in [6, 6.07) is 7.36. The van der Waals surface area contributed by atoms with Crippen LogP contribution in [0.1, 0.15) is 18.4 Å². The number of anilines is 1. The lowest BCUT2D eigenvalue weighted by Gasteiger charge is -2.20. The summed E-state index contributed by atoms with van der Waals surface area (Å²) < 4.78 is 28.2. The third-order valence-electron chi connectivity index (χ3n) is 3.74. The van der Waals surface area contributed by atoms with Crippen LogP contribution in [0, 0.1) is 5.92 Å². The minimum absolute atomic E-state index is 0.261. The molecule has 6 heteroatoms. The van der Waals surface area contributed by atoms with Crippen molar-refractivity contribution >= 4 is 21.8 Å². The summed E-state index contributed by atoms with van der Waals surface area (Å²) in [6.45, 7) is 0.380. The van der Waals surface area contributed by atoms with Gasteiger partial charge in [-0.2, -0.15) is 8.42 Å². The van der Waals surface area contributed by atoms with Crippen molar-refractivity contribution in [1.82, 2.24) is 4.72 Å². The molecule has 0 radical (unpaired) electrons. The lowest BCUT2D eigenvalue weighted by atomic mass is 10.1. The Morgan fingerprint density at radius 3 is 2.65 bits per heavy atom. The first-order chi connectivity index (χ1) is 9.58. The van der Waals surface area contributed by atoms with Gasteiger partial charge in [0.1, 0.15) is 0 Å². The third-order valence-corrected chi connectivity index (χ3v) is 5.16. The first kappa shape index (κ1) is 13.2. The fourth-order valence-corrected chi connectivity index (χ4v) is 3.95. The molecule has 0 unspecified atom stereocenters. The zero-order valence-electron chi connectivity index (χ0n) is 11.0. The van der Waals surface area contributed by atoms with Crippen LogP contribution in [0.25, 0.3) is 0 Å². The van der Waals surface area contributed by atoms with Gasteiger partial charge in [0.2, 0.25) is 5.91 Å². The molecule has 1 amide bonds. The van der Waals surface area contributed by atoms with E-state index in [9.17, 15) is 13.2 Å². The molecule has 1 aromatic rings. The van der Waals surface area contributed by atoms with E-state index < -0.39 is 16.1 Å². The minimum atomic E-state index is -3.80. The Labute approximate surface area is 118 Å². The Hall–Kier alpha value is -1.82. The second-order valence-electron chi connectivity index (χ2n) is 5.06. The summed E-state index contributed by atoms with van der Waals surface area (Å²) in [6.07, 6.45) is 5.70. The topological polar surface area (TPSA) is 66.5 Å². The van der Waals surface area contributed by atoms with Crippen molar-refractivity contribution in [2.45, 2.75) is 19.3 Å². The number of para-hydroxylation sites is 1. The van der Waals surface area contributed by atoms with Crippen LogP contribution in [0.15, 0.2) is 36.4 Å². The predicted octanol–water partition coefficient (Wildman–Crippen LogP) is 1.38. The first-order valence-corrected chi connectivity index (χ1v) is 8.09. The van der Waals surface area contributed by atoms with Crippen LogP contribution in [0.5, 0.6) is 0 Å². The molecule has 0 fully saturated rings. The van der Waals surface area contributed by atoms with Crippen LogP contribution in [-0.4, -0.2) is 20.9 Å². The number of fused-ring (bicyclic) bond motifs is 1. The maximum Gasteiger partial charge on any atom is 0.326 e. The van der Waals surface area contributed by atoms with Crippen molar-refractivity contribution in [3.8, 4) is 0 Å². The van der Waals surface area contributed by atoms with Crippen molar-refractivity contribution in [3.05, 3.63) is 42.0 Å². The molecular formula is C14H16N2O3S. The Kier molecular flexibility index (Phi) is 3.25. The molecule has 1 aliphatic carbocycles. The molecule has 0 aromatic heterocycles. The molecule has 5 nitrogen and oxygen atoms in total. The average molecular weight is 292 g/mol.